The number of nitrogens with zero attached hydrogens (tertiary/aromatic N) is 1. The average Bonchev–Trinajstić information content (AvgIpc) is 3.40. The normalized spacial score (nSPS) is 45.5. The SMILES string of the molecule is COc1ccc([C@]23CCN(C)[C@H]2CC2(CC3)OCC(C34CC(C)CC(CC(C)C3)C4)O2)cc1OC. The highest BCUT2D eigenvalue weighted by Crippen LogP contribution is 2.60. The Morgan fingerprint density at radius 3 is 2.37 bits per heavy atom. The summed E-state index contributed by atoms with van der Waals surface area (Å²) < 4.78 is 25.1. The number of ether oxygens (including phenoxy) is 4. The first-order chi connectivity index (χ1) is 16.8. The molecule has 0 amide bonds. The van der Waals surface area contributed by atoms with Crippen molar-refractivity contribution in [3.05, 3.63) is 23.8 Å². The van der Waals surface area contributed by atoms with Crippen LogP contribution < -0.4 is 9.47 Å². The number of benzene rings is 1. The van der Waals surface area contributed by atoms with Gasteiger partial charge in [-0.05, 0) is 99.4 Å². The summed E-state index contributed by atoms with van der Waals surface area (Å²) in [5.74, 6) is 3.71. The van der Waals surface area contributed by atoms with E-state index in [1.165, 1.54) is 44.1 Å². The number of hydrogen-bond acceptors (Lipinski definition) is 5. The molecule has 2 aliphatic heterocycles. The van der Waals surface area contributed by atoms with E-state index in [2.05, 4.69) is 44.0 Å². The summed E-state index contributed by atoms with van der Waals surface area (Å²) in [4.78, 5) is 2.55. The molecule has 2 heterocycles. The Balaban J connectivity index is 1.25. The lowest BCUT2D eigenvalue weighted by Gasteiger charge is -2.53. The fraction of sp³-hybridized carbons (Fsp3) is 0.800. The van der Waals surface area contributed by atoms with Gasteiger partial charge in [0.2, 0.25) is 0 Å². The van der Waals surface area contributed by atoms with Gasteiger partial charge in [-0.1, -0.05) is 19.9 Å². The lowest BCUT2D eigenvalue weighted by molar-refractivity contribution is -0.220. The van der Waals surface area contributed by atoms with E-state index < -0.39 is 5.79 Å². The van der Waals surface area contributed by atoms with Gasteiger partial charge in [-0.25, -0.2) is 0 Å². The second kappa shape index (κ2) is 8.63. The molecule has 3 saturated carbocycles. The van der Waals surface area contributed by atoms with Crippen molar-refractivity contribution in [2.45, 2.75) is 95.0 Å². The number of hydrogen-bond donors (Lipinski definition) is 0. The largest absolute Gasteiger partial charge is 0.493 e. The van der Waals surface area contributed by atoms with Crippen LogP contribution in [0.3, 0.4) is 0 Å². The van der Waals surface area contributed by atoms with Crippen molar-refractivity contribution in [3.8, 4) is 11.5 Å². The zero-order valence-electron chi connectivity index (χ0n) is 22.5. The number of methoxy groups -OCH3 is 2. The molecule has 4 unspecified atom stereocenters. The smallest absolute Gasteiger partial charge is 0.170 e. The minimum Gasteiger partial charge on any atom is -0.493 e. The predicted octanol–water partition coefficient (Wildman–Crippen LogP) is 5.79. The van der Waals surface area contributed by atoms with Crippen molar-refractivity contribution in [1.82, 2.24) is 4.90 Å². The van der Waals surface area contributed by atoms with Gasteiger partial charge in [-0.2, -0.15) is 0 Å². The summed E-state index contributed by atoms with van der Waals surface area (Å²) in [6.07, 6.45) is 11.3. The summed E-state index contributed by atoms with van der Waals surface area (Å²) in [6, 6.07) is 6.96. The van der Waals surface area contributed by atoms with Crippen LogP contribution in [0.4, 0.5) is 0 Å². The molecule has 1 aromatic carbocycles. The topological polar surface area (TPSA) is 40.2 Å². The lowest BCUT2D eigenvalue weighted by atomic mass is 9.55. The van der Waals surface area contributed by atoms with Crippen molar-refractivity contribution >= 4 is 0 Å². The van der Waals surface area contributed by atoms with Gasteiger partial charge >= 0.3 is 0 Å². The average molecular weight is 484 g/mol. The molecule has 35 heavy (non-hydrogen) atoms. The highest BCUT2D eigenvalue weighted by atomic mass is 16.7. The molecule has 2 saturated heterocycles. The zero-order chi connectivity index (χ0) is 24.4. The summed E-state index contributed by atoms with van der Waals surface area (Å²) in [7, 11) is 5.73. The number of fused-ring (bicyclic) bond motifs is 3. The Morgan fingerprint density at radius 2 is 1.66 bits per heavy atom. The second-order valence-corrected chi connectivity index (χ2v) is 13.0. The van der Waals surface area contributed by atoms with Crippen LogP contribution in [0.5, 0.6) is 11.5 Å². The third-order valence-electron chi connectivity index (χ3n) is 10.7. The van der Waals surface area contributed by atoms with Gasteiger partial charge in [0.05, 0.1) is 26.9 Å². The number of likely N-dealkylation sites (tertiary alicyclic amines) is 1. The van der Waals surface area contributed by atoms with Crippen molar-refractivity contribution < 1.29 is 18.9 Å². The Hall–Kier alpha value is -1.30. The molecule has 194 valence electrons. The highest BCUT2D eigenvalue weighted by Gasteiger charge is 2.61. The molecule has 0 radical (unpaired) electrons. The van der Waals surface area contributed by atoms with E-state index in [4.69, 9.17) is 18.9 Å². The van der Waals surface area contributed by atoms with Crippen LogP contribution in [0.15, 0.2) is 18.2 Å². The molecule has 0 N–H and O–H groups in total. The van der Waals surface area contributed by atoms with Crippen molar-refractivity contribution in [2.24, 2.45) is 23.2 Å². The molecule has 5 nitrogen and oxygen atoms in total. The van der Waals surface area contributed by atoms with Gasteiger partial charge in [0.1, 0.15) is 0 Å². The van der Waals surface area contributed by atoms with Crippen LogP contribution in [0.1, 0.15) is 77.2 Å². The Bertz CT molecular complexity index is 931. The molecule has 1 aromatic rings. The first-order valence-corrected chi connectivity index (χ1v) is 14.0. The van der Waals surface area contributed by atoms with E-state index in [1.807, 2.05) is 0 Å². The fourth-order valence-corrected chi connectivity index (χ4v) is 9.47. The van der Waals surface area contributed by atoms with Gasteiger partial charge in [0, 0.05) is 24.3 Å². The van der Waals surface area contributed by atoms with Crippen LogP contribution in [0, 0.1) is 23.2 Å². The highest BCUT2D eigenvalue weighted by molar-refractivity contribution is 5.46. The predicted molar refractivity (Wildman–Crippen MR) is 137 cm³/mol. The third kappa shape index (κ3) is 3.83. The molecule has 5 fully saturated rings. The van der Waals surface area contributed by atoms with Crippen molar-refractivity contribution in [3.63, 3.8) is 0 Å². The molecule has 5 heteroatoms. The van der Waals surface area contributed by atoms with Crippen LogP contribution in [-0.4, -0.2) is 57.3 Å². The van der Waals surface area contributed by atoms with Crippen LogP contribution in [0.25, 0.3) is 0 Å². The van der Waals surface area contributed by atoms with Gasteiger partial charge in [0.15, 0.2) is 17.3 Å². The Morgan fingerprint density at radius 1 is 0.914 bits per heavy atom. The Labute approximate surface area is 211 Å². The molecular weight excluding hydrogens is 438 g/mol. The van der Waals surface area contributed by atoms with E-state index in [-0.39, 0.29) is 11.5 Å². The molecule has 1 spiro atoms. The maximum atomic E-state index is 7.13. The standard InChI is InChI=1S/C30H45NO4/c1-20-12-22-13-21(2)16-28(15-20,17-22)27-19-34-30(35-27)9-8-29(10-11-31(3)26(29)18-30)23-6-7-24(32-4)25(14-23)33-5/h6-7,14,20-22,26-27H,8-13,15-19H2,1-5H3/t20?,21?,22?,26-,27?,28?,29-,30?/m0/s1. The molecule has 2 bridgehead atoms. The van der Waals surface area contributed by atoms with Gasteiger partial charge in [0.25, 0.3) is 0 Å². The number of rotatable bonds is 4. The quantitative estimate of drug-likeness (QED) is 0.542. The van der Waals surface area contributed by atoms with Gasteiger partial charge < -0.3 is 23.8 Å². The van der Waals surface area contributed by atoms with Crippen LogP contribution >= 0.6 is 0 Å². The lowest BCUT2D eigenvalue weighted by Crippen LogP contribution is -2.54. The third-order valence-corrected chi connectivity index (χ3v) is 10.7. The Kier molecular flexibility index (Phi) is 5.93. The van der Waals surface area contributed by atoms with E-state index in [0.29, 0.717) is 11.5 Å². The van der Waals surface area contributed by atoms with Crippen molar-refractivity contribution in [1.29, 1.82) is 0 Å². The van der Waals surface area contributed by atoms with Gasteiger partial charge in [-0.15, -0.1) is 0 Å². The molecule has 0 aromatic heterocycles. The first kappa shape index (κ1) is 24.1. The molecule has 5 aliphatic rings. The summed E-state index contributed by atoms with van der Waals surface area (Å²) >= 11 is 0. The molecular formula is C30H45NO4. The van der Waals surface area contributed by atoms with E-state index >= 15 is 0 Å². The van der Waals surface area contributed by atoms with Gasteiger partial charge in [-0.3, -0.25) is 0 Å². The van der Waals surface area contributed by atoms with Crippen molar-refractivity contribution in [2.75, 3.05) is 34.4 Å². The monoisotopic (exact) mass is 483 g/mol. The second-order valence-electron chi connectivity index (χ2n) is 13.0. The molecule has 6 atom stereocenters. The summed E-state index contributed by atoms with van der Waals surface area (Å²) in [5.41, 5.74) is 1.81. The van der Waals surface area contributed by atoms with Crippen LogP contribution in [-0.2, 0) is 14.9 Å². The minimum absolute atomic E-state index is 0.118. The number of likely N-dealkylation sites (N-methyl/N-ethyl adjacent to an activating group) is 1. The maximum Gasteiger partial charge on any atom is 0.170 e. The molecule has 6 rings (SSSR count). The van der Waals surface area contributed by atoms with E-state index in [9.17, 15) is 0 Å². The van der Waals surface area contributed by atoms with E-state index in [0.717, 1.165) is 61.7 Å². The summed E-state index contributed by atoms with van der Waals surface area (Å²) in [5, 5.41) is 0. The van der Waals surface area contributed by atoms with Crippen LogP contribution in [0.2, 0.25) is 0 Å². The maximum absolute atomic E-state index is 7.13. The summed E-state index contributed by atoms with van der Waals surface area (Å²) in [6.45, 7) is 6.83. The minimum atomic E-state index is -0.417. The first-order valence-electron chi connectivity index (χ1n) is 14.0. The molecule has 3 aliphatic carbocycles. The zero-order valence-corrected chi connectivity index (χ0v) is 22.5. The fourth-order valence-electron chi connectivity index (χ4n) is 9.47. The van der Waals surface area contributed by atoms with E-state index in [1.54, 1.807) is 14.2 Å².